The number of amides is 2. The van der Waals surface area contributed by atoms with E-state index in [9.17, 15) is 14.4 Å². The monoisotopic (exact) mass is 433 g/mol. The average Bonchev–Trinajstić information content (AvgIpc) is 3.38. The second-order valence-electron chi connectivity index (χ2n) is 8.78. The highest BCUT2D eigenvalue weighted by Gasteiger charge is 2.29. The Kier molecular flexibility index (Phi) is 6.88. The minimum atomic E-state index is -0.490. The van der Waals surface area contributed by atoms with E-state index in [-0.39, 0.29) is 29.6 Å². The predicted octanol–water partition coefficient (Wildman–Crippen LogP) is 3.90. The van der Waals surface area contributed by atoms with Crippen molar-refractivity contribution < 1.29 is 9.59 Å². The number of hydrogen-bond donors (Lipinski definition) is 1. The molecule has 168 valence electrons. The molecule has 6 nitrogen and oxygen atoms in total. The number of pyridine rings is 1. The molecule has 2 aliphatic rings. The number of rotatable bonds is 6. The molecule has 1 N–H and O–H groups in total. The van der Waals surface area contributed by atoms with Crippen LogP contribution in [0.4, 0.5) is 0 Å². The fraction of sp³-hybridized carbons (Fsp3) is 0.423. The van der Waals surface area contributed by atoms with Gasteiger partial charge >= 0.3 is 0 Å². The maximum atomic E-state index is 13.4. The van der Waals surface area contributed by atoms with Crippen molar-refractivity contribution in [3.8, 4) is 0 Å². The van der Waals surface area contributed by atoms with Crippen LogP contribution in [0.15, 0.2) is 60.2 Å². The highest BCUT2D eigenvalue weighted by molar-refractivity contribution is 5.99. The highest BCUT2D eigenvalue weighted by atomic mass is 16.2. The van der Waals surface area contributed by atoms with E-state index in [4.69, 9.17) is 0 Å². The van der Waals surface area contributed by atoms with Crippen LogP contribution in [-0.4, -0.2) is 40.9 Å². The fourth-order valence-corrected chi connectivity index (χ4v) is 4.90. The molecule has 1 aromatic heterocycles. The average molecular weight is 434 g/mol. The first-order chi connectivity index (χ1) is 15.6. The number of carbonyl (C=O) groups excluding carboxylic acids is 2. The molecule has 0 unspecified atom stereocenters. The van der Waals surface area contributed by atoms with Gasteiger partial charge < -0.3 is 14.8 Å². The van der Waals surface area contributed by atoms with E-state index >= 15 is 0 Å². The Morgan fingerprint density at radius 2 is 1.66 bits per heavy atom. The Labute approximate surface area is 188 Å². The van der Waals surface area contributed by atoms with Crippen molar-refractivity contribution in [2.24, 2.45) is 0 Å². The molecule has 1 saturated heterocycles. The first kappa shape index (κ1) is 22.1. The Hall–Kier alpha value is -3.15. The molecule has 32 heavy (non-hydrogen) atoms. The van der Waals surface area contributed by atoms with Gasteiger partial charge in [0.15, 0.2) is 0 Å². The molecule has 6 heteroatoms. The molecule has 0 radical (unpaired) electrons. The second-order valence-corrected chi connectivity index (χ2v) is 8.78. The molecule has 1 aromatic carbocycles. The van der Waals surface area contributed by atoms with E-state index in [0.29, 0.717) is 19.0 Å². The third kappa shape index (κ3) is 4.69. The summed E-state index contributed by atoms with van der Waals surface area (Å²) >= 11 is 0. The van der Waals surface area contributed by atoms with Crippen LogP contribution in [0.3, 0.4) is 0 Å². The molecule has 4 rings (SSSR count). The molecular formula is C26H31N3O3. The van der Waals surface area contributed by atoms with Crippen molar-refractivity contribution in [2.75, 3.05) is 19.6 Å². The van der Waals surface area contributed by atoms with Crippen molar-refractivity contribution >= 4 is 11.8 Å². The molecule has 2 fully saturated rings. The van der Waals surface area contributed by atoms with Gasteiger partial charge in [-0.15, -0.1) is 6.58 Å². The maximum absolute atomic E-state index is 13.4. The minimum Gasteiger partial charge on any atom is -0.349 e. The van der Waals surface area contributed by atoms with Crippen molar-refractivity contribution in [3.05, 3.63) is 82.3 Å². The summed E-state index contributed by atoms with van der Waals surface area (Å²) in [6.45, 7) is 5.09. The third-order valence-electron chi connectivity index (χ3n) is 6.73. The number of carbonyl (C=O) groups is 2. The zero-order chi connectivity index (χ0) is 22.5. The van der Waals surface area contributed by atoms with Gasteiger partial charge in [-0.25, -0.2) is 0 Å². The molecular weight excluding hydrogens is 402 g/mol. The van der Waals surface area contributed by atoms with Crippen LogP contribution in [0.2, 0.25) is 0 Å². The summed E-state index contributed by atoms with van der Waals surface area (Å²) in [6.07, 6.45) is 10.8. The number of hydrogen-bond acceptors (Lipinski definition) is 3. The zero-order valence-electron chi connectivity index (χ0n) is 18.5. The number of nitrogens with one attached hydrogen (secondary N) is 1. The zero-order valence-corrected chi connectivity index (χ0v) is 18.5. The summed E-state index contributed by atoms with van der Waals surface area (Å²) in [5.74, 6) is -0.308. The van der Waals surface area contributed by atoms with Gasteiger partial charge in [0.05, 0.1) is 0 Å². The Morgan fingerprint density at radius 1 is 1.00 bits per heavy atom. The van der Waals surface area contributed by atoms with Gasteiger partial charge in [-0.2, -0.15) is 0 Å². The number of nitrogens with zero attached hydrogens (tertiary/aromatic N) is 2. The summed E-state index contributed by atoms with van der Waals surface area (Å²) in [6, 6.07) is 10.6. The third-order valence-corrected chi connectivity index (χ3v) is 6.73. The van der Waals surface area contributed by atoms with E-state index in [2.05, 4.69) is 24.0 Å². The molecule has 1 saturated carbocycles. The van der Waals surface area contributed by atoms with Gasteiger partial charge in [-0.3, -0.25) is 14.4 Å². The largest absolute Gasteiger partial charge is 0.349 e. The highest BCUT2D eigenvalue weighted by Crippen LogP contribution is 2.30. The van der Waals surface area contributed by atoms with Gasteiger partial charge in [0.2, 0.25) is 5.43 Å². The Morgan fingerprint density at radius 3 is 2.31 bits per heavy atom. The molecule has 0 spiro atoms. The van der Waals surface area contributed by atoms with E-state index in [1.807, 2.05) is 22.8 Å². The van der Waals surface area contributed by atoms with E-state index in [1.165, 1.54) is 5.56 Å². The van der Waals surface area contributed by atoms with Gasteiger partial charge in [-0.05, 0) is 37.2 Å². The first-order valence-electron chi connectivity index (χ1n) is 11.6. The lowest BCUT2D eigenvalue weighted by atomic mass is 9.89. The van der Waals surface area contributed by atoms with Crippen molar-refractivity contribution in [1.82, 2.24) is 14.8 Å². The van der Waals surface area contributed by atoms with Crippen LogP contribution < -0.4 is 10.7 Å². The molecule has 1 aliphatic carbocycles. The van der Waals surface area contributed by atoms with Gasteiger partial charge in [0.25, 0.3) is 11.8 Å². The fourth-order valence-electron chi connectivity index (χ4n) is 4.90. The maximum Gasteiger partial charge on any atom is 0.259 e. The van der Waals surface area contributed by atoms with Crippen LogP contribution in [0.1, 0.15) is 76.8 Å². The lowest BCUT2D eigenvalue weighted by Gasteiger charge is -2.32. The number of piperidine rings is 1. The van der Waals surface area contributed by atoms with Crippen LogP contribution in [0, 0.1) is 0 Å². The van der Waals surface area contributed by atoms with Gasteiger partial charge in [-0.1, -0.05) is 49.2 Å². The number of likely N-dealkylation sites (tertiary alicyclic amines) is 1. The first-order valence-corrected chi connectivity index (χ1v) is 11.6. The molecule has 1 aliphatic heterocycles. The summed E-state index contributed by atoms with van der Waals surface area (Å²) in [4.78, 5) is 41.0. The summed E-state index contributed by atoms with van der Waals surface area (Å²) in [7, 11) is 0. The standard InChI is InChI=1S/C26H31N3O3/c1-2-14-27-25(31)22-17-29(21-10-6-7-11-21)18-23(24(22)30)26(32)28-15-12-20(13-16-28)19-8-4-3-5-9-19/h2-5,8-9,17-18,20-21H,1,6-7,10-16H2,(H,27,31). The normalized spacial score (nSPS) is 17.3. The van der Waals surface area contributed by atoms with E-state index in [1.54, 1.807) is 23.4 Å². The van der Waals surface area contributed by atoms with Gasteiger partial charge in [0, 0.05) is 38.1 Å². The summed E-state index contributed by atoms with van der Waals surface area (Å²) < 4.78 is 1.92. The lowest BCUT2D eigenvalue weighted by Crippen LogP contribution is -2.41. The molecule has 2 aromatic rings. The number of benzene rings is 1. The van der Waals surface area contributed by atoms with Crippen LogP contribution in [-0.2, 0) is 0 Å². The summed E-state index contributed by atoms with van der Waals surface area (Å²) in [5.41, 5.74) is 0.935. The molecule has 0 bridgehead atoms. The van der Waals surface area contributed by atoms with Crippen LogP contribution >= 0.6 is 0 Å². The molecule has 0 atom stereocenters. The quantitative estimate of drug-likeness (QED) is 0.703. The van der Waals surface area contributed by atoms with Crippen LogP contribution in [0.5, 0.6) is 0 Å². The summed E-state index contributed by atoms with van der Waals surface area (Å²) in [5, 5.41) is 2.68. The number of aromatic nitrogens is 1. The molecule has 2 amide bonds. The van der Waals surface area contributed by atoms with Crippen molar-refractivity contribution in [2.45, 2.75) is 50.5 Å². The van der Waals surface area contributed by atoms with Crippen molar-refractivity contribution in [1.29, 1.82) is 0 Å². The minimum absolute atomic E-state index is 0.0313. The smallest absolute Gasteiger partial charge is 0.259 e. The second kappa shape index (κ2) is 9.98. The van der Waals surface area contributed by atoms with E-state index < -0.39 is 11.3 Å². The Balaban J connectivity index is 1.58. The van der Waals surface area contributed by atoms with Crippen LogP contribution in [0.25, 0.3) is 0 Å². The van der Waals surface area contributed by atoms with Crippen molar-refractivity contribution in [3.63, 3.8) is 0 Å². The lowest BCUT2D eigenvalue weighted by molar-refractivity contribution is 0.0710. The Bertz CT molecular complexity index is 1030. The van der Waals surface area contributed by atoms with Gasteiger partial charge in [0.1, 0.15) is 11.1 Å². The molecule has 2 heterocycles. The predicted molar refractivity (Wildman–Crippen MR) is 125 cm³/mol. The van der Waals surface area contributed by atoms with E-state index in [0.717, 1.165) is 38.5 Å². The SMILES string of the molecule is C=CCNC(=O)c1cn(C2CCCC2)cc(C(=O)N2CCC(c3ccccc3)CC2)c1=O. The topological polar surface area (TPSA) is 71.4 Å².